The molecule has 0 bridgehead atoms. The van der Waals surface area contributed by atoms with Gasteiger partial charge in [-0.25, -0.2) is 0 Å². The SMILES string of the molecule is Cc1oc(C)c(C(=O)Nc2cccc(C(F)(F)F)c2)c1C. The minimum Gasteiger partial charge on any atom is -0.466 e. The maximum atomic E-state index is 12.6. The third-order valence-corrected chi connectivity index (χ3v) is 3.24. The summed E-state index contributed by atoms with van der Waals surface area (Å²) >= 11 is 0. The van der Waals surface area contributed by atoms with E-state index in [9.17, 15) is 18.0 Å². The van der Waals surface area contributed by atoms with Crippen molar-refractivity contribution in [1.82, 2.24) is 0 Å². The molecule has 0 saturated heterocycles. The molecule has 0 aliphatic rings. The van der Waals surface area contributed by atoms with Crippen LogP contribution >= 0.6 is 0 Å². The highest BCUT2D eigenvalue weighted by Gasteiger charge is 2.30. The first-order valence-corrected chi connectivity index (χ1v) is 6.25. The minimum absolute atomic E-state index is 0.0903. The zero-order chi connectivity index (χ0) is 15.8. The van der Waals surface area contributed by atoms with Gasteiger partial charge in [0.1, 0.15) is 11.5 Å². The van der Waals surface area contributed by atoms with E-state index < -0.39 is 17.6 Å². The van der Waals surface area contributed by atoms with Crippen molar-refractivity contribution in [3.05, 3.63) is 52.5 Å². The standard InChI is InChI=1S/C15H14F3NO2/c1-8-9(2)21-10(3)13(8)14(20)19-12-6-4-5-11(7-12)15(16,17)18/h4-7H,1-3H3,(H,19,20). The van der Waals surface area contributed by atoms with Gasteiger partial charge in [-0.05, 0) is 39.0 Å². The van der Waals surface area contributed by atoms with Crippen molar-refractivity contribution >= 4 is 11.6 Å². The zero-order valence-corrected chi connectivity index (χ0v) is 11.8. The highest BCUT2D eigenvalue weighted by atomic mass is 19.4. The highest BCUT2D eigenvalue weighted by Crippen LogP contribution is 2.31. The molecule has 0 atom stereocenters. The molecule has 0 fully saturated rings. The summed E-state index contributed by atoms with van der Waals surface area (Å²) in [4.78, 5) is 12.2. The number of benzene rings is 1. The Morgan fingerprint density at radius 2 is 1.81 bits per heavy atom. The Hall–Kier alpha value is -2.24. The predicted octanol–water partition coefficient (Wildman–Crippen LogP) is 4.48. The Balaban J connectivity index is 2.28. The number of anilines is 1. The average molecular weight is 297 g/mol. The van der Waals surface area contributed by atoms with Gasteiger partial charge in [-0.15, -0.1) is 0 Å². The van der Waals surface area contributed by atoms with Gasteiger partial charge in [-0.3, -0.25) is 4.79 Å². The van der Waals surface area contributed by atoms with Gasteiger partial charge in [0.2, 0.25) is 0 Å². The van der Waals surface area contributed by atoms with E-state index in [1.165, 1.54) is 12.1 Å². The van der Waals surface area contributed by atoms with Crippen LogP contribution in [0, 0.1) is 20.8 Å². The number of nitrogens with one attached hydrogen (secondary N) is 1. The Bertz CT molecular complexity index is 687. The number of alkyl halides is 3. The molecule has 1 N–H and O–H groups in total. The van der Waals surface area contributed by atoms with E-state index in [-0.39, 0.29) is 5.69 Å². The van der Waals surface area contributed by atoms with Crippen LogP contribution in [-0.2, 0) is 6.18 Å². The number of rotatable bonds is 2. The fourth-order valence-electron chi connectivity index (χ4n) is 2.09. The summed E-state index contributed by atoms with van der Waals surface area (Å²) in [5, 5.41) is 2.47. The second-order valence-electron chi connectivity index (χ2n) is 4.75. The summed E-state index contributed by atoms with van der Waals surface area (Å²) in [6.07, 6.45) is -4.45. The van der Waals surface area contributed by atoms with Crippen molar-refractivity contribution < 1.29 is 22.4 Å². The Kier molecular flexibility index (Phi) is 3.80. The summed E-state index contributed by atoms with van der Waals surface area (Å²) in [6.45, 7) is 5.09. The molecule has 112 valence electrons. The number of carbonyl (C=O) groups is 1. The van der Waals surface area contributed by atoms with E-state index in [1.807, 2.05) is 0 Å². The molecule has 0 spiro atoms. The number of aryl methyl sites for hydroxylation is 2. The second-order valence-corrected chi connectivity index (χ2v) is 4.75. The van der Waals surface area contributed by atoms with Crippen molar-refractivity contribution in [2.24, 2.45) is 0 Å². The van der Waals surface area contributed by atoms with E-state index in [4.69, 9.17) is 4.42 Å². The molecule has 21 heavy (non-hydrogen) atoms. The van der Waals surface area contributed by atoms with Crippen LogP contribution in [-0.4, -0.2) is 5.91 Å². The summed E-state index contributed by atoms with van der Waals surface area (Å²) in [6, 6.07) is 4.51. The molecule has 2 rings (SSSR count). The van der Waals surface area contributed by atoms with Gasteiger partial charge in [0.15, 0.2) is 0 Å². The quantitative estimate of drug-likeness (QED) is 0.888. The minimum atomic E-state index is -4.45. The molecular weight excluding hydrogens is 283 g/mol. The molecule has 1 amide bonds. The molecule has 0 radical (unpaired) electrons. The topological polar surface area (TPSA) is 42.2 Å². The van der Waals surface area contributed by atoms with E-state index in [0.717, 1.165) is 12.1 Å². The fourth-order valence-corrected chi connectivity index (χ4v) is 2.09. The molecule has 3 nitrogen and oxygen atoms in total. The fraction of sp³-hybridized carbons (Fsp3) is 0.267. The zero-order valence-electron chi connectivity index (χ0n) is 11.8. The summed E-state index contributed by atoms with van der Waals surface area (Å²) < 4.78 is 43.2. The van der Waals surface area contributed by atoms with Crippen LogP contribution < -0.4 is 5.32 Å². The van der Waals surface area contributed by atoms with Crippen LogP contribution in [0.3, 0.4) is 0 Å². The highest BCUT2D eigenvalue weighted by molar-refractivity contribution is 6.06. The Labute approximate surface area is 119 Å². The molecule has 1 heterocycles. The maximum Gasteiger partial charge on any atom is 0.416 e. The van der Waals surface area contributed by atoms with Crippen molar-refractivity contribution in [3.8, 4) is 0 Å². The number of amides is 1. The van der Waals surface area contributed by atoms with Crippen LogP contribution in [0.2, 0.25) is 0 Å². The lowest BCUT2D eigenvalue weighted by Gasteiger charge is -2.10. The molecule has 1 aromatic heterocycles. The number of hydrogen-bond donors (Lipinski definition) is 1. The lowest BCUT2D eigenvalue weighted by molar-refractivity contribution is -0.137. The van der Waals surface area contributed by atoms with Gasteiger partial charge in [0.25, 0.3) is 5.91 Å². The molecule has 0 aliphatic heterocycles. The Morgan fingerprint density at radius 3 is 2.33 bits per heavy atom. The van der Waals surface area contributed by atoms with E-state index in [1.54, 1.807) is 20.8 Å². The second kappa shape index (κ2) is 5.27. The summed E-state index contributed by atoms with van der Waals surface area (Å²) in [5.74, 6) is 0.567. The van der Waals surface area contributed by atoms with Crippen molar-refractivity contribution in [2.75, 3.05) is 5.32 Å². The van der Waals surface area contributed by atoms with Crippen molar-refractivity contribution in [3.63, 3.8) is 0 Å². The molecule has 6 heteroatoms. The van der Waals surface area contributed by atoms with Gasteiger partial charge in [0, 0.05) is 11.3 Å². The largest absolute Gasteiger partial charge is 0.466 e. The Morgan fingerprint density at radius 1 is 1.14 bits per heavy atom. The normalized spacial score (nSPS) is 11.5. The maximum absolute atomic E-state index is 12.6. The molecule has 1 aromatic carbocycles. The van der Waals surface area contributed by atoms with E-state index in [2.05, 4.69) is 5.32 Å². The third kappa shape index (κ3) is 3.09. The molecule has 0 aliphatic carbocycles. The predicted molar refractivity (Wildman–Crippen MR) is 72.3 cm³/mol. The first kappa shape index (κ1) is 15.2. The number of furan rings is 1. The molecule has 0 unspecified atom stereocenters. The first-order chi connectivity index (χ1) is 9.70. The lowest BCUT2D eigenvalue weighted by atomic mass is 10.1. The van der Waals surface area contributed by atoms with Gasteiger partial charge >= 0.3 is 6.18 Å². The van der Waals surface area contributed by atoms with E-state index in [0.29, 0.717) is 22.6 Å². The van der Waals surface area contributed by atoms with Gasteiger partial charge in [-0.2, -0.15) is 13.2 Å². The number of carbonyl (C=O) groups excluding carboxylic acids is 1. The van der Waals surface area contributed by atoms with Crippen molar-refractivity contribution in [1.29, 1.82) is 0 Å². The molecule has 0 saturated carbocycles. The summed E-state index contributed by atoms with van der Waals surface area (Å²) in [7, 11) is 0. The lowest BCUT2D eigenvalue weighted by Crippen LogP contribution is -2.14. The summed E-state index contributed by atoms with van der Waals surface area (Å²) in [5.41, 5.74) is 0.312. The first-order valence-electron chi connectivity index (χ1n) is 6.25. The van der Waals surface area contributed by atoms with Crippen LogP contribution in [0.25, 0.3) is 0 Å². The monoisotopic (exact) mass is 297 g/mol. The van der Waals surface area contributed by atoms with Gasteiger partial charge in [0.05, 0.1) is 11.1 Å². The smallest absolute Gasteiger partial charge is 0.416 e. The van der Waals surface area contributed by atoms with Crippen LogP contribution in [0.15, 0.2) is 28.7 Å². The van der Waals surface area contributed by atoms with Crippen LogP contribution in [0.5, 0.6) is 0 Å². The number of hydrogen-bond acceptors (Lipinski definition) is 2. The van der Waals surface area contributed by atoms with Crippen molar-refractivity contribution in [2.45, 2.75) is 26.9 Å². The third-order valence-electron chi connectivity index (χ3n) is 3.24. The van der Waals surface area contributed by atoms with Crippen LogP contribution in [0.1, 0.15) is 33.0 Å². The van der Waals surface area contributed by atoms with E-state index >= 15 is 0 Å². The average Bonchev–Trinajstić information content (AvgIpc) is 2.62. The van der Waals surface area contributed by atoms with Crippen LogP contribution in [0.4, 0.5) is 18.9 Å². The molecular formula is C15H14F3NO2. The van der Waals surface area contributed by atoms with Gasteiger partial charge < -0.3 is 9.73 Å². The number of halogens is 3. The van der Waals surface area contributed by atoms with Gasteiger partial charge in [-0.1, -0.05) is 6.07 Å². The molecule has 2 aromatic rings.